The normalized spacial score (nSPS) is 12.8. The highest BCUT2D eigenvalue weighted by molar-refractivity contribution is 5.96. The molecule has 1 heterocycles. The zero-order valence-electron chi connectivity index (χ0n) is 17.0. The van der Waals surface area contributed by atoms with Gasteiger partial charge in [-0.15, -0.1) is 0 Å². The van der Waals surface area contributed by atoms with Gasteiger partial charge in [0.15, 0.2) is 12.4 Å². The number of rotatable bonds is 7. The van der Waals surface area contributed by atoms with Gasteiger partial charge in [-0.2, -0.15) is 15.0 Å². The van der Waals surface area contributed by atoms with Crippen LogP contribution in [0.5, 0.6) is 0 Å². The summed E-state index contributed by atoms with van der Waals surface area (Å²) in [7, 11) is 0. The number of para-hydroxylation sites is 1. The Kier molecular flexibility index (Phi) is 5.74. The molecule has 4 rings (SSSR count). The second-order valence-corrected chi connectivity index (χ2v) is 7.29. The topological polar surface area (TPSA) is 132 Å². The van der Waals surface area contributed by atoms with E-state index in [1.54, 1.807) is 24.3 Å². The third kappa shape index (κ3) is 5.33. The number of hydrogen-bond donors (Lipinski definition) is 3. The first-order chi connectivity index (χ1) is 15.0. The SMILES string of the molecule is Cc1ccccc1Nc1nc(N)nc(COC(=O)c2cccc(NC(=O)C3CC3)c2)n1. The van der Waals surface area contributed by atoms with Crippen LogP contribution in [0.2, 0.25) is 0 Å². The van der Waals surface area contributed by atoms with Gasteiger partial charge in [0.05, 0.1) is 5.56 Å². The van der Waals surface area contributed by atoms with Crippen LogP contribution in [0.15, 0.2) is 48.5 Å². The number of amides is 1. The average molecular weight is 418 g/mol. The third-order valence-corrected chi connectivity index (χ3v) is 4.74. The fraction of sp³-hybridized carbons (Fsp3) is 0.227. The van der Waals surface area contributed by atoms with E-state index in [4.69, 9.17) is 10.5 Å². The lowest BCUT2D eigenvalue weighted by molar-refractivity contribution is -0.117. The lowest BCUT2D eigenvalue weighted by atomic mass is 10.2. The van der Waals surface area contributed by atoms with Crippen molar-refractivity contribution in [1.82, 2.24) is 15.0 Å². The molecule has 158 valence electrons. The summed E-state index contributed by atoms with van der Waals surface area (Å²) in [6, 6.07) is 14.3. The predicted octanol–water partition coefficient (Wildman–Crippen LogP) is 3.21. The molecule has 1 amide bonds. The second-order valence-electron chi connectivity index (χ2n) is 7.29. The maximum absolute atomic E-state index is 12.5. The van der Waals surface area contributed by atoms with Crippen molar-refractivity contribution >= 4 is 35.1 Å². The van der Waals surface area contributed by atoms with Crippen LogP contribution in [-0.4, -0.2) is 26.8 Å². The van der Waals surface area contributed by atoms with Crippen LogP contribution in [0.25, 0.3) is 0 Å². The molecule has 2 aromatic carbocycles. The number of esters is 1. The Balaban J connectivity index is 1.40. The summed E-state index contributed by atoms with van der Waals surface area (Å²) in [5, 5.41) is 5.90. The number of ether oxygens (including phenoxy) is 1. The molecule has 9 nitrogen and oxygen atoms in total. The molecule has 3 aromatic rings. The summed E-state index contributed by atoms with van der Waals surface area (Å²) in [6.45, 7) is 1.78. The largest absolute Gasteiger partial charge is 0.454 e. The molecule has 9 heteroatoms. The van der Waals surface area contributed by atoms with Gasteiger partial charge in [0, 0.05) is 17.3 Å². The van der Waals surface area contributed by atoms with E-state index in [1.807, 2.05) is 31.2 Å². The van der Waals surface area contributed by atoms with Crippen LogP contribution in [0.4, 0.5) is 23.3 Å². The number of aryl methyl sites for hydroxylation is 1. The minimum atomic E-state index is -0.560. The molecular formula is C22H22N6O3. The summed E-state index contributed by atoms with van der Waals surface area (Å²) in [5.74, 6) is -0.0168. The highest BCUT2D eigenvalue weighted by Gasteiger charge is 2.29. The van der Waals surface area contributed by atoms with Crippen LogP contribution in [0.1, 0.15) is 34.6 Å². The van der Waals surface area contributed by atoms with Crippen molar-refractivity contribution in [2.45, 2.75) is 26.4 Å². The molecule has 1 fully saturated rings. The number of carbonyl (C=O) groups excluding carboxylic acids is 2. The van der Waals surface area contributed by atoms with Crippen molar-refractivity contribution in [2.75, 3.05) is 16.4 Å². The number of nitrogens with one attached hydrogen (secondary N) is 2. The van der Waals surface area contributed by atoms with Crippen molar-refractivity contribution in [1.29, 1.82) is 0 Å². The summed E-state index contributed by atoms with van der Waals surface area (Å²) in [5.41, 5.74) is 8.50. The van der Waals surface area contributed by atoms with Crippen LogP contribution in [0, 0.1) is 12.8 Å². The zero-order valence-corrected chi connectivity index (χ0v) is 17.0. The van der Waals surface area contributed by atoms with E-state index in [0.29, 0.717) is 11.3 Å². The first-order valence-electron chi connectivity index (χ1n) is 9.89. The summed E-state index contributed by atoms with van der Waals surface area (Å²) in [6.07, 6.45) is 1.81. The Morgan fingerprint density at radius 3 is 2.68 bits per heavy atom. The molecule has 0 aliphatic heterocycles. The summed E-state index contributed by atoms with van der Waals surface area (Å²) < 4.78 is 5.33. The van der Waals surface area contributed by atoms with Crippen molar-refractivity contribution < 1.29 is 14.3 Å². The van der Waals surface area contributed by atoms with E-state index in [2.05, 4.69) is 25.6 Å². The van der Waals surface area contributed by atoms with Gasteiger partial charge in [-0.25, -0.2) is 4.79 Å². The first-order valence-corrected chi connectivity index (χ1v) is 9.89. The number of benzene rings is 2. The van der Waals surface area contributed by atoms with Gasteiger partial charge in [-0.3, -0.25) is 4.79 Å². The van der Waals surface area contributed by atoms with Gasteiger partial charge in [-0.05, 0) is 49.6 Å². The standard InChI is InChI=1S/C22H22N6O3/c1-13-5-2-3-8-17(13)25-22-27-18(26-21(23)28-22)12-31-20(30)15-6-4-7-16(11-15)24-19(29)14-9-10-14/h2-8,11,14H,9-10,12H2,1H3,(H,24,29)(H3,23,25,26,27,28). The van der Waals surface area contributed by atoms with Crippen molar-refractivity contribution in [3.63, 3.8) is 0 Å². The van der Waals surface area contributed by atoms with Gasteiger partial charge < -0.3 is 21.1 Å². The van der Waals surface area contributed by atoms with Crippen LogP contribution >= 0.6 is 0 Å². The van der Waals surface area contributed by atoms with E-state index in [9.17, 15) is 9.59 Å². The Bertz CT molecular complexity index is 1130. The monoisotopic (exact) mass is 418 g/mol. The van der Waals surface area contributed by atoms with Crippen molar-refractivity contribution in [3.8, 4) is 0 Å². The number of anilines is 4. The third-order valence-electron chi connectivity index (χ3n) is 4.74. The van der Waals surface area contributed by atoms with Gasteiger partial charge in [-0.1, -0.05) is 24.3 Å². The molecule has 0 saturated heterocycles. The number of nitrogens with two attached hydrogens (primary N) is 1. The molecular weight excluding hydrogens is 396 g/mol. The fourth-order valence-electron chi connectivity index (χ4n) is 2.92. The quantitative estimate of drug-likeness (QED) is 0.498. The number of hydrogen-bond acceptors (Lipinski definition) is 8. The van der Waals surface area contributed by atoms with E-state index < -0.39 is 5.97 Å². The van der Waals surface area contributed by atoms with Crippen LogP contribution in [0.3, 0.4) is 0 Å². The molecule has 1 aromatic heterocycles. The number of carbonyl (C=O) groups is 2. The Morgan fingerprint density at radius 2 is 1.90 bits per heavy atom. The highest BCUT2D eigenvalue weighted by Crippen LogP contribution is 2.30. The lowest BCUT2D eigenvalue weighted by Crippen LogP contribution is -2.14. The lowest BCUT2D eigenvalue weighted by Gasteiger charge is -2.10. The molecule has 0 atom stereocenters. The summed E-state index contributed by atoms with van der Waals surface area (Å²) in [4.78, 5) is 36.7. The van der Waals surface area contributed by atoms with Gasteiger partial charge in [0.2, 0.25) is 17.8 Å². The predicted molar refractivity (Wildman–Crippen MR) is 116 cm³/mol. The molecule has 0 bridgehead atoms. The molecule has 1 saturated carbocycles. The molecule has 0 spiro atoms. The maximum Gasteiger partial charge on any atom is 0.338 e. The zero-order chi connectivity index (χ0) is 21.8. The number of nitrogen functional groups attached to an aromatic ring is 1. The second kappa shape index (κ2) is 8.78. The van der Waals surface area contributed by atoms with Crippen LogP contribution in [-0.2, 0) is 16.1 Å². The van der Waals surface area contributed by atoms with Crippen molar-refractivity contribution in [3.05, 3.63) is 65.5 Å². The van der Waals surface area contributed by atoms with Gasteiger partial charge >= 0.3 is 5.97 Å². The van der Waals surface area contributed by atoms with Crippen molar-refractivity contribution in [2.24, 2.45) is 5.92 Å². The first kappa shape index (κ1) is 20.3. The summed E-state index contributed by atoms with van der Waals surface area (Å²) >= 11 is 0. The molecule has 1 aliphatic carbocycles. The van der Waals surface area contributed by atoms with E-state index in [0.717, 1.165) is 24.1 Å². The molecule has 1 aliphatic rings. The smallest absolute Gasteiger partial charge is 0.338 e. The Morgan fingerprint density at radius 1 is 1.10 bits per heavy atom. The maximum atomic E-state index is 12.5. The Labute approximate surface area is 179 Å². The fourth-order valence-corrected chi connectivity index (χ4v) is 2.92. The van der Waals surface area contributed by atoms with E-state index in [-0.39, 0.29) is 36.2 Å². The number of aromatic nitrogens is 3. The Hall–Kier alpha value is -4.01. The minimum absolute atomic E-state index is 0.0157. The number of nitrogens with zero attached hydrogens (tertiary/aromatic N) is 3. The highest BCUT2D eigenvalue weighted by atomic mass is 16.5. The molecule has 31 heavy (non-hydrogen) atoms. The minimum Gasteiger partial charge on any atom is -0.454 e. The molecule has 0 radical (unpaired) electrons. The molecule has 4 N–H and O–H groups in total. The van der Waals surface area contributed by atoms with Gasteiger partial charge in [0.25, 0.3) is 0 Å². The molecule has 0 unspecified atom stereocenters. The van der Waals surface area contributed by atoms with E-state index in [1.165, 1.54) is 0 Å². The average Bonchev–Trinajstić information content (AvgIpc) is 3.59. The van der Waals surface area contributed by atoms with Crippen LogP contribution < -0.4 is 16.4 Å². The van der Waals surface area contributed by atoms with E-state index >= 15 is 0 Å². The van der Waals surface area contributed by atoms with Gasteiger partial charge in [0.1, 0.15) is 0 Å².